The zero-order valence-electron chi connectivity index (χ0n) is 16.6. The fourth-order valence-electron chi connectivity index (χ4n) is 6.12. The summed E-state index contributed by atoms with van der Waals surface area (Å²) in [7, 11) is 0. The molecule has 29 heavy (non-hydrogen) atoms. The van der Waals surface area contributed by atoms with E-state index in [2.05, 4.69) is 45.4 Å². The standard InChI is InChI=1S/C24H27N3O2/c28-23(18-6-7-21-17(12-18)8-11-29-21)25-22-19-13-26-9-10-27(14-19)16-24(22,15-26)20-4-2-1-3-5-20/h1-7,12,19,22H,8-11,13-16H2,(H,25,28)/t19?,22-,24?/m1/s1. The van der Waals surface area contributed by atoms with Crippen LogP contribution in [0.1, 0.15) is 21.5 Å². The van der Waals surface area contributed by atoms with Gasteiger partial charge in [0.1, 0.15) is 5.75 Å². The van der Waals surface area contributed by atoms with Gasteiger partial charge in [-0.25, -0.2) is 0 Å². The summed E-state index contributed by atoms with van der Waals surface area (Å²) in [6.07, 6.45) is 0.889. The molecular formula is C24H27N3O2. The van der Waals surface area contributed by atoms with Gasteiger partial charge in [0.25, 0.3) is 5.91 Å². The largest absolute Gasteiger partial charge is 0.493 e. The quantitative estimate of drug-likeness (QED) is 0.871. The summed E-state index contributed by atoms with van der Waals surface area (Å²) in [5.41, 5.74) is 3.21. The van der Waals surface area contributed by atoms with Crippen LogP contribution in [-0.4, -0.2) is 67.6 Å². The number of piperidine rings is 2. The lowest BCUT2D eigenvalue weighted by molar-refractivity contribution is 0.0180. The number of hydrogen-bond acceptors (Lipinski definition) is 4. The Labute approximate surface area is 171 Å². The number of nitrogens with zero attached hydrogens (tertiary/aromatic N) is 2. The van der Waals surface area contributed by atoms with E-state index in [1.54, 1.807) is 0 Å². The minimum Gasteiger partial charge on any atom is -0.493 e. The van der Waals surface area contributed by atoms with Gasteiger partial charge in [-0.3, -0.25) is 4.79 Å². The van der Waals surface area contributed by atoms with E-state index in [0.29, 0.717) is 12.5 Å². The number of carbonyl (C=O) groups is 1. The molecule has 1 N–H and O–H groups in total. The third-order valence-electron chi connectivity index (χ3n) is 7.38. The van der Waals surface area contributed by atoms with E-state index < -0.39 is 0 Å². The SMILES string of the molecule is O=C(N[C@@H]1C2CN3CCN(C2)CC1(c1ccccc1)C3)c1ccc2c(c1)CCO2. The Morgan fingerprint density at radius 3 is 2.55 bits per heavy atom. The Morgan fingerprint density at radius 1 is 1.03 bits per heavy atom. The number of benzene rings is 2. The number of hydrogen-bond donors (Lipinski definition) is 1. The molecule has 0 radical (unpaired) electrons. The van der Waals surface area contributed by atoms with Crippen LogP contribution in [0.25, 0.3) is 0 Å². The molecule has 1 amide bonds. The summed E-state index contributed by atoms with van der Waals surface area (Å²) in [5, 5.41) is 3.50. The van der Waals surface area contributed by atoms with Gasteiger partial charge in [-0.05, 0) is 29.3 Å². The van der Waals surface area contributed by atoms with Crippen molar-refractivity contribution >= 4 is 5.91 Å². The Kier molecular flexibility index (Phi) is 3.96. The summed E-state index contributed by atoms with van der Waals surface area (Å²) in [5.74, 6) is 1.44. The van der Waals surface area contributed by atoms with E-state index in [1.807, 2.05) is 18.2 Å². The third-order valence-corrected chi connectivity index (χ3v) is 7.38. The van der Waals surface area contributed by atoms with Crippen LogP contribution < -0.4 is 10.1 Å². The highest BCUT2D eigenvalue weighted by Crippen LogP contribution is 2.43. The molecule has 0 saturated carbocycles. The second kappa shape index (κ2) is 6.57. The molecule has 5 aliphatic heterocycles. The number of rotatable bonds is 3. The minimum atomic E-state index is -0.0472. The maximum absolute atomic E-state index is 13.3. The molecule has 4 bridgehead atoms. The first-order chi connectivity index (χ1) is 14.2. The molecule has 2 unspecified atom stereocenters. The van der Waals surface area contributed by atoms with Crippen LogP contribution in [0.3, 0.4) is 0 Å². The van der Waals surface area contributed by atoms with Crippen LogP contribution in [0, 0.1) is 5.92 Å². The molecule has 0 spiro atoms. The van der Waals surface area contributed by atoms with Gasteiger partial charge >= 0.3 is 0 Å². The average molecular weight is 389 g/mol. The minimum absolute atomic E-state index is 0.0472. The Hall–Kier alpha value is -2.37. The van der Waals surface area contributed by atoms with Crippen molar-refractivity contribution in [2.75, 3.05) is 45.9 Å². The van der Waals surface area contributed by atoms with Crippen LogP contribution in [0.15, 0.2) is 48.5 Å². The Bertz CT molecular complexity index is 928. The van der Waals surface area contributed by atoms with Crippen molar-refractivity contribution in [3.63, 3.8) is 0 Å². The highest BCUT2D eigenvalue weighted by atomic mass is 16.5. The summed E-state index contributed by atoms with van der Waals surface area (Å²) in [4.78, 5) is 18.5. The van der Waals surface area contributed by atoms with Crippen molar-refractivity contribution < 1.29 is 9.53 Å². The number of carbonyl (C=O) groups excluding carboxylic acids is 1. The van der Waals surface area contributed by atoms with Crippen molar-refractivity contribution in [3.05, 3.63) is 65.2 Å². The Morgan fingerprint density at radius 2 is 1.79 bits per heavy atom. The topological polar surface area (TPSA) is 44.8 Å². The molecule has 7 rings (SSSR count). The summed E-state index contributed by atoms with van der Waals surface area (Å²) < 4.78 is 5.61. The molecule has 5 aliphatic rings. The lowest BCUT2D eigenvalue weighted by atomic mass is 9.64. The zero-order valence-corrected chi connectivity index (χ0v) is 16.6. The highest BCUT2D eigenvalue weighted by Gasteiger charge is 2.55. The van der Waals surface area contributed by atoms with Gasteiger partial charge in [-0.15, -0.1) is 0 Å². The average Bonchev–Trinajstić information content (AvgIpc) is 3.08. The molecule has 5 nitrogen and oxygen atoms in total. The van der Waals surface area contributed by atoms with E-state index in [4.69, 9.17) is 4.74 Å². The molecule has 5 heterocycles. The number of nitrogens with one attached hydrogen (secondary N) is 1. The molecule has 0 aromatic heterocycles. The van der Waals surface area contributed by atoms with E-state index in [9.17, 15) is 4.79 Å². The van der Waals surface area contributed by atoms with E-state index in [0.717, 1.165) is 62.6 Å². The van der Waals surface area contributed by atoms with Gasteiger partial charge in [0.05, 0.1) is 6.61 Å². The third kappa shape index (κ3) is 2.79. The molecule has 2 aromatic rings. The molecule has 4 fully saturated rings. The fraction of sp³-hybridized carbons (Fsp3) is 0.458. The highest BCUT2D eigenvalue weighted by molar-refractivity contribution is 5.95. The van der Waals surface area contributed by atoms with E-state index >= 15 is 0 Å². The monoisotopic (exact) mass is 389 g/mol. The summed E-state index contributed by atoms with van der Waals surface area (Å²) >= 11 is 0. The Balaban J connectivity index is 1.36. The first-order valence-electron chi connectivity index (χ1n) is 10.8. The maximum atomic E-state index is 13.3. The van der Waals surface area contributed by atoms with E-state index in [-0.39, 0.29) is 17.4 Å². The van der Waals surface area contributed by atoms with Gasteiger partial charge in [0.15, 0.2) is 0 Å². The van der Waals surface area contributed by atoms with Crippen molar-refractivity contribution in [1.82, 2.24) is 15.1 Å². The number of ether oxygens (including phenoxy) is 1. The number of fused-ring (bicyclic) bond motifs is 2. The normalized spacial score (nSPS) is 34.3. The first-order valence-corrected chi connectivity index (χ1v) is 10.8. The number of amides is 1. The lowest BCUT2D eigenvalue weighted by Crippen LogP contribution is -2.70. The second-order valence-electron chi connectivity index (χ2n) is 9.12. The van der Waals surface area contributed by atoms with Crippen molar-refractivity contribution in [3.8, 4) is 5.75 Å². The van der Waals surface area contributed by atoms with Crippen LogP contribution in [-0.2, 0) is 11.8 Å². The molecule has 3 atom stereocenters. The molecule has 2 aromatic carbocycles. The van der Waals surface area contributed by atoms with Crippen LogP contribution in [0.4, 0.5) is 0 Å². The fourth-order valence-corrected chi connectivity index (χ4v) is 6.12. The zero-order chi connectivity index (χ0) is 19.4. The predicted octanol–water partition coefficient (Wildman–Crippen LogP) is 1.92. The van der Waals surface area contributed by atoms with Gasteiger partial charge in [0, 0.05) is 68.6 Å². The van der Waals surface area contributed by atoms with Gasteiger partial charge < -0.3 is 19.9 Å². The van der Waals surface area contributed by atoms with Crippen molar-refractivity contribution in [2.24, 2.45) is 5.92 Å². The lowest BCUT2D eigenvalue weighted by Gasteiger charge is -2.55. The summed E-state index contributed by atoms with van der Waals surface area (Å²) in [6, 6.07) is 16.9. The maximum Gasteiger partial charge on any atom is 0.251 e. The molecule has 150 valence electrons. The van der Waals surface area contributed by atoms with Gasteiger partial charge in [-0.2, -0.15) is 0 Å². The molecule has 4 saturated heterocycles. The van der Waals surface area contributed by atoms with Crippen LogP contribution in [0.2, 0.25) is 0 Å². The summed E-state index contributed by atoms with van der Waals surface area (Å²) in [6.45, 7) is 7.18. The van der Waals surface area contributed by atoms with Crippen LogP contribution >= 0.6 is 0 Å². The molecular weight excluding hydrogens is 362 g/mol. The molecule has 0 aliphatic carbocycles. The van der Waals surface area contributed by atoms with Gasteiger partial charge in [0.2, 0.25) is 0 Å². The molecule has 5 heteroatoms. The van der Waals surface area contributed by atoms with Crippen molar-refractivity contribution in [2.45, 2.75) is 17.9 Å². The van der Waals surface area contributed by atoms with Crippen molar-refractivity contribution in [1.29, 1.82) is 0 Å². The predicted molar refractivity (Wildman–Crippen MR) is 111 cm³/mol. The first kappa shape index (κ1) is 17.5. The van der Waals surface area contributed by atoms with Gasteiger partial charge in [-0.1, -0.05) is 30.3 Å². The smallest absolute Gasteiger partial charge is 0.251 e. The van der Waals surface area contributed by atoms with E-state index in [1.165, 1.54) is 5.56 Å². The second-order valence-corrected chi connectivity index (χ2v) is 9.12. The van der Waals surface area contributed by atoms with Crippen LogP contribution in [0.5, 0.6) is 5.75 Å².